The van der Waals surface area contributed by atoms with Crippen molar-refractivity contribution in [2.24, 2.45) is 5.92 Å². The van der Waals surface area contributed by atoms with Gasteiger partial charge in [-0.15, -0.1) is 0 Å². The van der Waals surface area contributed by atoms with Crippen molar-refractivity contribution in [1.29, 1.82) is 0 Å². The summed E-state index contributed by atoms with van der Waals surface area (Å²) < 4.78 is 5.64. The molecular weight excluding hydrogens is 128 g/mol. The van der Waals surface area contributed by atoms with Gasteiger partial charge < -0.3 is 9.84 Å². The molecule has 2 aliphatic rings. The molecule has 0 aliphatic carbocycles. The second-order valence-electron chi connectivity index (χ2n) is 3.39. The molecule has 2 bridgehead atoms. The molecule has 2 rings (SSSR count). The van der Waals surface area contributed by atoms with Crippen LogP contribution in [0.15, 0.2) is 0 Å². The molecule has 2 heteroatoms. The van der Waals surface area contributed by atoms with Crippen LogP contribution in [-0.2, 0) is 4.74 Å². The van der Waals surface area contributed by atoms with Crippen molar-refractivity contribution in [3.8, 4) is 0 Å². The molecule has 0 aromatic carbocycles. The van der Waals surface area contributed by atoms with Gasteiger partial charge in [-0.2, -0.15) is 0 Å². The van der Waals surface area contributed by atoms with Crippen molar-refractivity contribution in [1.82, 2.24) is 0 Å². The van der Waals surface area contributed by atoms with Gasteiger partial charge in [-0.25, -0.2) is 0 Å². The zero-order valence-corrected chi connectivity index (χ0v) is 6.12. The smallest absolute Gasteiger partial charge is 0.0629 e. The topological polar surface area (TPSA) is 29.5 Å². The molecule has 0 aromatic rings. The van der Waals surface area contributed by atoms with Gasteiger partial charge in [0.15, 0.2) is 0 Å². The molecule has 2 fully saturated rings. The minimum Gasteiger partial charge on any atom is -0.396 e. The van der Waals surface area contributed by atoms with Crippen molar-refractivity contribution in [2.75, 3.05) is 6.61 Å². The van der Waals surface area contributed by atoms with Gasteiger partial charge in [0.25, 0.3) is 0 Å². The second-order valence-corrected chi connectivity index (χ2v) is 3.39. The Bertz CT molecular complexity index is 124. The van der Waals surface area contributed by atoms with Gasteiger partial charge in [0.1, 0.15) is 0 Å². The molecule has 0 spiro atoms. The molecule has 0 radical (unpaired) electrons. The van der Waals surface area contributed by atoms with E-state index in [1.807, 2.05) is 0 Å². The van der Waals surface area contributed by atoms with E-state index in [1.54, 1.807) is 0 Å². The lowest BCUT2D eigenvalue weighted by Gasteiger charge is -2.27. The van der Waals surface area contributed by atoms with Crippen LogP contribution in [-0.4, -0.2) is 23.9 Å². The van der Waals surface area contributed by atoms with E-state index in [1.165, 1.54) is 25.7 Å². The van der Waals surface area contributed by atoms with Crippen LogP contribution in [0.3, 0.4) is 0 Å². The minimum atomic E-state index is 0.317. The van der Waals surface area contributed by atoms with Crippen molar-refractivity contribution in [3.63, 3.8) is 0 Å². The van der Waals surface area contributed by atoms with Crippen LogP contribution in [0.5, 0.6) is 0 Å². The minimum absolute atomic E-state index is 0.317. The van der Waals surface area contributed by atoms with E-state index < -0.39 is 0 Å². The first-order valence-electron chi connectivity index (χ1n) is 4.16. The number of aliphatic hydroxyl groups is 1. The molecule has 2 saturated heterocycles. The maximum atomic E-state index is 8.93. The summed E-state index contributed by atoms with van der Waals surface area (Å²) in [4.78, 5) is 0. The molecule has 3 atom stereocenters. The Hall–Kier alpha value is -0.0800. The van der Waals surface area contributed by atoms with E-state index in [9.17, 15) is 0 Å². The number of fused-ring (bicyclic) bond motifs is 2. The summed E-state index contributed by atoms with van der Waals surface area (Å²) in [6.45, 7) is 0.317. The zero-order valence-electron chi connectivity index (χ0n) is 6.12. The number of ether oxygens (including phenoxy) is 1. The molecule has 10 heavy (non-hydrogen) atoms. The summed E-state index contributed by atoms with van der Waals surface area (Å²) in [6.07, 6.45) is 5.67. The Morgan fingerprint density at radius 1 is 1.20 bits per heavy atom. The Labute approximate surface area is 61.2 Å². The average Bonchev–Trinajstić information content (AvgIpc) is 2.34. The first-order chi connectivity index (χ1) is 4.90. The molecule has 3 unspecified atom stereocenters. The first kappa shape index (κ1) is 6.62. The van der Waals surface area contributed by atoms with Gasteiger partial charge in [-0.3, -0.25) is 0 Å². The fraction of sp³-hybridized carbons (Fsp3) is 1.00. The SMILES string of the molecule is OCC1CCC2CCC1O2. The average molecular weight is 142 g/mol. The van der Waals surface area contributed by atoms with Crippen LogP contribution >= 0.6 is 0 Å². The summed E-state index contributed by atoms with van der Waals surface area (Å²) in [7, 11) is 0. The fourth-order valence-electron chi connectivity index (χ4n) is 2.09. The summed E-state index contributed by atoms with van der Waals surface area (Å²) in [5, 5.41) is 8.93. The van der Waals surface area contributed by atoms with Crippen LogP contribution < -0.4 is 0 Å². The Kier molecular flexibility index (Phi) is 1.66. The van der Waals surface area contributed by atoms with Gasteiger partial charge in [0.2, 0.25) is 0 Å². The van der Waals surface area contributed by atoms with Crippen molar-refractivity contribution in [3.05, 3.63) is 0 Å². The van der Waals surface area contributed by atoms with E-state index in [4.69, 9.17) is 9.84 Å². The quantitative estimate of drug-likeness (QED) is 0.590. The molecule has 58 valence electrons. The molecule has 0 aromatic heterocycles. The van der Waals surface area contributed by atoms with E-state index in [0.29, 0.717) is 24.7 Å². The fourth-order valence-corrected chi connectivity index (χ4v) is 2.09. The number of aliphatic hydroxyl groups excluding tert-OH is 1. The van der Waals surface area contributed by atoms with Gasteiger partial charge in [-0.05, 0) is 25.7 Å². The van der Waals surface area contributed by atoms with Crippen LogP contribution in [0, 0.1) is 5.92 Å². The molecule has 2 aliphatic heterocycles. The van der Waals surface area contributed by atoms with Crippen LogP contribution in [0.1, 0.15) is 25.7 Å². The van der Waals surface area contributed by atoms with E-state index in [-0.39, 0.29) is 0 Å². The molecular formula is C8H14O2. The highest BCUT2D eigenvalue weighted by molar-refractivity contribution is 4.85. The third kappa shape index (κ3) is 0.956. The second kappa shape index (κ2) is 2.51. The van der Waals surface area contributed by atoms with E-state index in [0.717, 1.165) is 0 Å². The highest BCUT2D eigenvalue weighted by Crippen LogP contribution is 2.35. The molecule has 0 amide bonds. The lowest BCUT2D eigenvalue weighted by Crippen LogP contribution is -2.29. The van der Waals surface area contributed by atoms with Gasteiger partial charge in [-0.1, -0.05) is 0 Å². The summed E-state index contributed by atoms with van der Waals surface area (Å²) in [5.74, 6) is 0.443. The van der Waals surface area contributed by atoms with E-state index in [2.05, 4.69) is 0 Å². The van der Waals surface area contributed by atoms with Crippen LogP contribution in [0.25, 0.3) is 0 Å². The highest BCUT2D eigenvalue weighted by Gasteiger charge is 2.35. The first-order valence-corrected chi connectivity index (χ1v) is 4.16. The van der Waals surface area contributed by atoms with Gasteiger partial charge >= 0.3 is 0 Å². The van der Waals surface area contributed by atoms with Crippen molar-refractivity contribution in [2.45, 2.75) is 37.9 Å². The molecule has 2 nitrogen and oxygen atoms in total. The maximum absolute atomic E-state index is 8.93. The maximum Gasteiger partial charge on any atom is 0.0629 e. The predicted octanol–water partition coefficient (Wildman–Crippen LogP) is 0.936. The number of hydrogen-bond donors (Lipinski definition) is 1. The third-order valence-corrected chi connectivity index (χ3v) is 2.76. The Balaban J connectivity index is 2.00. The standard InChI is InChI=1S/C8H14O2/c9-5-6-1-2-7-3-4-8(6)10-7/h6-9H,1-5H2. The van der Waals surface area contributed by atoms with Gasteiger partial charge in [0.05, 0.1) is 12.2 Å². The molecule has 1 N–H and O–H groups in total. The highest BCUT2D eigenvalue weighted by atomic mass is 16.5. The summed E-state index contributed by atoms with van der Waals surface area (Å²) in [5.41, 5.74) is 0. The lowest BCUT2D eigenvalue weighted by molar-refractivity contribution is -0.0470. The number of hydrogen-bond acceptors (Lipinski definition) is 2. The summed E-state index contributed by atoms with van der Waals surface area (Å²) >= 11 is 0. The lowest BCUT2D eigenvalue weighted by atomic mass is 9.97. The molecule has 2 heterocycles. The van der Waals surface area contributed by atoms with E-state index >= 15 is 0 Å². The monoisotopic (exact) mass is 142 g/mol. The molecule has 0 saturated carbocycles. The van der Waals surface area contributed by atoms with Gasteiger partial charge in [0, 0.05) is 12.5 Å². The zero-order chi connectivity index (χ0) is 6.97. The van der Waals surface area contributed by atoms with Crippen molar-refractivity contribution >= 4 is 0 Å². The largest absolute Gasteiger partial charge is 0.396 e. The van der Waals surface area contributed by atoms with Crippen LogP contribution in [0.4, 0.5) is 0 Å². The summed E-state index contributed by atoms with van der Waals surface area (Å²) in [6, 6.07) is 0. The third-order valence-electron chi connectivity index (χ3n) is 2.76. The number of rotatable bonds is 1. The predicted molar refractivity (Wildman–Crippen MR) is 37.7 cm³/mol. The van der Waals surface area contributed by atoms with Crippen molar-refractivity contribution < 1.29 is 9.84 Å². The Morgan fingerprint density at radius 2 is 2.00 bits per heavy atom. The van der Waals surface area contributed by atoms with Crippen LogP contribution in [0.2, 0.25) is 0 Å². The Morgan fingerprint density at radius 3 is 2.80 bits per heavy atom. The normalized spacial score (nSPS) is 45.9.